The molecule has 0 aliphatic rings. The molecular formula is C14H22N2O2. The van der Waals surface area contributed by atoms with E-state index in [1.807, 2.05) is 12.1 Å². The van der Waals surface area contributed by atoms with E-state index in [0.717, 1.165) is 24.1 Å². The minimum Gasteiger partial charge on any atom is -0.391 e. The van der Waals surface area contributed by atoms with Crippen LogP contribution in [0.2, 0.25) is 0 Å². The Morgan fingerprint density at radius 1 is 1.39 bits per heavy atom. The predicted octanol–water partition coefficient (Wildman–Crippen LogP) is 2.20. The Morgan fingerprint density at radius 2 is 2.00 bits per heavy atom. The van der Waals surface area contributed by atoms with Crippen molar-refractivity contribution in [2.75, 3.05) is 5.32 Å². The highest BCUT2D eigenvalue weighted by Crippen LogP contribution is 2.20. The molecule has 4 N–H and O–H groups in total. The summed E-state index contributed by atoms with van der Waals surface area (Å²) >= 11 is 0. The number of aliphatic hydroxyl groups excluding tert-OH is 1. The van der Waals surface area contributed by atoms with Gasteiger partial charge in [0.25, 0.3) is 0 Å². The average Bonchev–Trinajstić information content (AvgIpc) is 2.35. The minimum atomic E-state index is -0.517. The normalized spacial score (nSPS) is 14.0. The third-order valence-corrected chi connectivity index (χ3v) is 2.88. The monoisotopic (exact) mass is 250 g/mol. The molecule has 2 atom stereocenters. The van der Waals surface area contributed by atoms with Gasteiger partial charge in [0.15, 0.2) is 0 Å². The summed E-state index contributed by atoms with van der Waals surface area (Å²) in [6.07, 6.45) is 2.21. The quantitative estimate of drug-likeness (QED) is 0.724. The second kappa shape index (κ2) is 7.13. The molecule has 1 aromatic rings. The van der Waals surface area contributed by atoms with Gasteiger partial charge in [0.2, 0.25) is 5.91 Å². The summed E-state index contributed by atoms with van der Waals surface area (Å²) in [6, 6.07) is 6.89. The molecule has 0 radical (unpaired) electrons. The standard InChI is InChI=1S/C14H22N2O2/c1-3-4-5-13(18)14(15)11-6-8-12(9-7-11)16-10(2)17/h6-9,13-14,18H,3-5,15H2,1-2H3,(H,16,17)/t13-,14+/m1/s1. The minimum absolute atomic E-state index is 0.102. The third-order valence-electron chi connectivity index (χ3n) is 2.88. The molecule has 1 amide bonds. The third kappa shape index (κ3) is 4.47. The maximum atomic E-state index is 10.9. The molecule has 0 heterocycles. The Labute approximate surface area is 108 Å². The Balaban J connectivity index is 2.63. The van der Waals surface area contributed by atoms with Gasteiger partial charge < -0.3 is 16.2 Å². The van der Waals surface area contributed by atoms with Crippen LogP contribution in [-0.2, 0) is 4.79 Å². The first kappa shape index (κ1) is 14.7. The Hall–Kier alpha value is -1.39. The molecule has 0 aliphatic carbocycles. The van der Waals surface area contributed by atoms with Gasteiger partial charge in [0.05, 0.1) is 12.1 Å². The van der Waals surface area contributed by atoms with E-state index in [1.165, 1.54) is 6.92 Å². The fourth-order valence-corrected chi connectivity index (χ4v) is 1.81. The fraction of sp³-hybridized carbons (Fsp3) is 0.500. The number of aliphatic hydroxyl groups is 1. The smallest absolute Gasteiger partial charge is 0.221 e. The van der Waals surface area contributed by atoms with E-state index < -0.39 is 6.10 Å². The lowest BCUT2D eigenvalue weighted by Gasteiger charge is -2.19. The van der Waals surface area contributed by atoms with Crippen LogP contribution in [-0.4, -0.2) is 17.1 Å². The van der Waals surface area contributed by atoms with E-state index >= 15 is 0 Å². The Bertz CT molecular complexity index is 376. The molecule has 1 aromatic carbocycles. The lowest BCUT2D eigenvalue weighted by atomic mass is 9.98. The van der Waals surface area contributed by atoms with Crippen LogP contribution in [0.25, 0.3) is 0 Å². The first-order valence-electron chi connectivity index (χ1n) is 6.35. The van der Waals surface area contributed by atoms with Crippen molar-refractivity contribution in [3.63, 3.8) is 0 Å². The van der Waals surface area contributed by atoms with Gasteiger partial charge in [0.1, 0.15) is 0 Å². The number of nitrogens with one attached hydrogen (secondary N) is 1. The predicted molar refractivity (Wildman–Crippen MR) is 73.2 cm³/mol. The van der Waals surface area contributed by atoms with Crippen molar-refractivity contribution in [3.8, 4) is 0 Å². The summed E-state index contributed by atoms with van der Waals surface area (Å²) < 4.78 is 0. The number of unbranched alkanes of at least 4 members (excludes halogenated alkanes) is 1. The van der Waals surface area contributed by atoms with Gasteiger partial charge in [-0.2, -0.15) is 0 Å². The lowest BCUT2D eigenvalue weighted by Crippen LogP contribution is -2.26. The van der Waals surface area contributed by atoms with E-state index in [2.05, 4.69) is 12.2 Å². The van der Waals surface area contributed by atoms with Crippen molar-refractivity contribution in [2.24, 2.45) is 5.73 Å². The SMILES string of the molecule is CCCC[C@@H](O)[C@@H](N)c1ccc(NC(C)=O)cc1. The number of carbonyl (C=O) groups is 1. The second-order valence-electron chi connectivity index (χ2n) is 4.54. The molecule has 0 fully saturated rings. The summed E-state index contributed by atoms with van der Waals surface area (Å²) in [5.41, 5.74) is 7.61. The summed E-state index contributed by atoms with van der Waals surface area (Å²) in [5.74, 6) is -0.102. The van der Waals surface area contributed by atoms with Crippen LogP contribution in [0.15, 0.2) is 24.3 Å². The summed E-state index contributed by atoms with van der Waals surface area (Å²) in [7, 11) is 0. The average molecular weight is 250 g/mol. The molecule has 0 bridgehead atoms. The molecule has 4 heteroatoms. The molecule has 0 saturated heterocycles. The largest absolute Gasteiger partial charge is 0.391 e. The van der Waals surface area contributed by atoms with Gasteiger partial charge in [-0.3, -0.25) is 4.79 Å². The number of hydrogen-bond acceptors (Lipinski definition) is 3. The van der Waals surface area contributed by atoms with Gasteiger partial charge in [0, 0.05) is 12.6 Å². The van der Waals surface area contributed by atoms with Crippen LogP contribution in [0.5, 0.6) is 0 Å². The van der Waals surface area contributed by atoms with Crippen molar-refractivity contribution in [3.05, 3.63) is 29.8 Å². The number of amides is 1. The van der Waals surface area contributed by atoms with Crippen LogP contribution in [0.3, 0.4) is 0 Å². The molecule has 0 spiro atoms. The molecule has 0 saturated carbocycles. The first-order chi connectivity index (χ1) is 8.54. The number of hydrogen-bond donors (Lipinski definition) is 3. The van der Waals surface area contributed by atoms with Crippen molar-refractivity contribution < 1.29 is 9.90 Å². The van der Waals surface area contributed by atoms with E-state index in [-0.39, 0.29) is 11.9 Å². The van der Waals surface area contributed by atoms with E-state index in [0.29, 0.717) is 6.42 Å². The molecule has 100 valence electrons. The highest BCUT2D eigenvalue weighted by atomic mass is 16.3. The highest BCUT2D eigenvalue weighted by Gasteiger charge is 2.15. The zero-order valence-electron chi connectivity index (χ0n) is 11.0. The van der Waals surface area contributed by atoms with Gasteiger partial charge in [-0.25, -0.2) is 0 Å². The number of rotatable bonds is 6. The molecule has 0 aromatic heterocycles. The summed E-state index contributed by atoms with van der Waals surface area (Å²) in [6.45, 7) is 3.55. The number of anilines is 1. The Kier molecular flexibility index (Phi) is 5.82. The summed E-state index contributed by atoms with van der Waals surface area (Å²) in [4.78, 5) is 10.9. The van der Waals surface area contributed by atoms with Gasteiger partial charge in [-0.1, -0.05) is 31.9 Å². The van der Waals surface area contributed by atoms with Crippen molar-refractivity contribution in [1.82, 2.24) is 0 Å². The van der Waals surface area contributed by atoms with Crippen LogP contribution in [0.1, 0.15) is 44.7 Å². The van der Waals surface area contributed by atoms with Gasteiger partial charge in [-0.15, -0.1) is 0 Å². The van der Waals surface area contributed by atoms with Gasteiger partial charge >= 0.3 is 0 Å². The van der Waals surface area contributed by atoms with Crippen LogP contribution in [0.4, 0.5) is 5.69 Å². The van der Waals surface area contributed by atoms with Crippen LogP contribution in [0, 0.1) is 0 Å². The van der Waals surface area contributed by atoms with Gasteiger partial charge in [-0.05, 0) is 24.1 Å². The van der Waals surface area contributed by atoms with Crippen molar-refractivity contribution in [1.29, 1.82) is 0 Å². The highest BCUT2D eigenvalue weighted by molar-refractivity contribution is 5.88. The summed E-state index contributed by atoms with van der Waals surface area (Å²) in [5, 5.41) is 12.6. The van der Waals surface area contributed by atoms with E-state index in [1.54, 1.807) is 12.1 Å². The van der Waals surface area contributed by atoms with Crippen LogP contribution < -0.4 is 11.1 Å². The number of nitrogens with two attached hydrogens (primary N) is 1. The maximum Gasteiger partial charge on any atom is 0.221 e. The molecule has 0 aliphatic heterocycles. The first-order valence-corrected chi connectivity index (χ1v) is 6.35. The molecule has 1 rings (SSSR count). The molecule has 0 unspecified atom stereocenters. The topological polar surface area (TPSA) is 75.3 Å². The zero-order chi connectivity index (χ0) is 13.5. The van der Waals surface area contributed by atoms with Crippen LogP contribution >= 0.6 is 0 Å². The molecular weight excluding hydrogens is 228 g/mol. The fourth-order valence-electron chi connectivity index (χ4n) is 1.81. The molecule has 4 nitrogen and oxygen atoms in total. The maximum absolute atomic E-state index is 10.9. The lowest BCUT2D eigenvalue weighted by molar-refractivity contribution is -0.114. The Morgan fingerprint density at radius 3 is 2.50 bits per heavy atom. The number of carbonyl (C=O) groups excluding carboxylic acids is 1. The van der Waals surface area contributed by atoms with Crippen molar-refractivity contribution in [2.45, 2.75) is 45.3 Å². The van der Waals surface area contributed by atoms with Crippen molar-refractivity contribution >= 4 is 11.6 Å². The molecule has 18 heavy (non-hydrogen) atoms. The van der Waals surface area contributed by atoms with E-state index in [9.17, 15) is 9.90 Å². The zero-order valence-corrected chi connectivity index (χ0v) is 11.0. The van der Waals surface area contributed by atoms with E-state index in [4.69, 9.17) is 5.73 Å². The second-order valence-corrected chi connectivity index (χ2v) is 4.54. The number of benzene rings is 1.